The zero-order chi connectivity index (χ0) is 17.9. The monoisotopic (exact) mass is 342 g/mol. The number of benzene rings is 1. The second-order valence-electron chi connectivity index (χ2n) is 7.09. The molecule has 1 aliphatic heterocycles. The molecule has 6 nitrogen and oxygen atoms in total. The van der Waals surface area contributed by atoms with Crippen molar-refractivity contribution in [1.29, 1.82) is 0 Å². The normalized spacial score (nSPS) is 21.4. The van der Waals surface area contributed by atoms with E-state index in [1.807, 2.05) is 48.2 Å². The van der Waals surface area contributed by atoms with Gasteiger partial charge in [0.2, 0.25) is 0 Å². The first kappa shape index (κ1) is 17.6. The maximum Gasteiger partial charge on any atom is 0.254 e. The molecule has 25 heavy (non-hydrogen) atoms. The molecule has 1 unspecified atom stereocenters. The lowest BCUT2D eigenvalue weighted by atomic mass is 9.94. The van der Waals surface area contributed by atoms with Crippen LogP contribution in [0.1, 0.15) is 29.6 Å². The smallest absolute Gasteiger partial charge is 0.254 e. The first-order valence-electron chi connectivity index (χ1n) is 8.74. The van der Waals surface area contributed by atoms with E-state index >= 15 is 0 Å². The molecule has 2 heterocycles. The predicted molar refractivity (Wildman–Crippen MR) is 97.3 cm³/mol. The molecule has 0 saturated carbocycles. The number of likely N-dealkylation sites (N-methyl/N-ethyl adjacent to an activating group) is 1. The molecule has 0 bridgehead atoms. The molecule has 6 heteroatoms. The number of imidazole rings is 1. The van der Waals surface area contributed by atoms with Gasteiger partial charge in [-0.15, -0.1) is 0 Å². The summed E-state index contributed by atoms with van der Waals surface area (Å²) in [7, 11) is 3.93. The van der Waals surface area contributed by atoms with Gasteiger partial charge < -0.3 is 19.9 Å². The van der Waals surface area contributed by atoms with Crippen molar-refractivity contribution in [3.8, 4) is 11.4 Å². The minimum absolute atomic E-state index is 0.00102. The number of aromatic nitrogens is 2. The topological polar surface area (TPSA) is 72.5 Å². The second kappa shape index (κ2) is 7.37. The number of carbonyl (C=O) groups excluding carboxylic acids is 1. The van der Waals surface area contributed by atoms with Gasteiger partial charge in [0.15, 0.2) is 0 Å². The third-order valence-corrected chi connectivity index (χ3v) is 4.73. The Balaban J connectivity index is 1.78. The molecule has 1 aromatic carbocycles. The fourth-order valence-electron chi connectivity index (χ4n) is 3.59. The standard InChI is InChI=1S/C19H26N4O2/c1-22(2)14-19(25)8-5-12-23(13-9-19)18(24)16-7-4-3-6-15(16)17-20-10-11-21-17/h3-4,6-7,10-11,25H,5,8-9,12-14H2,1-2H3,(H,20,21). The average molecular weight is 342 g/mol. The highest BCUT2D eigenvalue weighted by molar-refractivity contribution is 6.00. The number of nitrogens with one attached hydrogen (secondary N) is 1. The van der Waals surface area contributed by atoms with Crippen molar-refractivity contribution in [3.05, 3.63) is 42.2 Å². The highest BCUT2D eigenvalue weighted by Gasteiger charge is 2.32. The summed E-state index contributed by atoms with van der Waals surface area (Å²) in [4.78, 5) is 24.3. The Morgan fingerprint density at radius 1 is 1.32 bits per heavy atom. The third kappa shape index (κ3) is 4.08. The van der Waals surface area contributed by atoms with E-state index in [9.17, 15) is 9.90 Å². The SMILES string of the molecule is CN(C)CC1(O)CCCN(C(=O)c2ccccc2-c2ncc[nH]2)CC1. The minimum Gasteiger partial charge on any atom is -0.388 e. The second-order valence-corrected chi connectivity index (χ2v) is 7.09. The van der Waals surface area contributed by atoms with E-state index < -0.39 is 5.60 Å². The maximum atomic E-state index is 13.1. The molecular formula is C19H26N4O2. The van der Waals surface area contributed by atoms with Crippen LogP contribution in [0.3, 0.4) is 0 Å². The number of carbonyl (C=O) groups is 1. The van der Waals surface area contributed by atoms with Crippen molar-refractivity contribution in [2.45, 2.75) is 24.9 Å². The van der Waals surface area contributed by atoms with Gasteiger partial charge in [0.1, 0.15) is 5.82 Å². The van der Waals surface area contributed by atoms with Crippen molar-refractivity contribution < 1.29 is 9.90 Å². The zero-order valence-electron chi connectivity index (χ0n) is 14.9. The number of rotatable bonds is 4. The number of hydrogen-bond acceptors (Lipinski definition) is 4. The van der Waals surface area contributed by atoms with Crippen LogP contribution in [0.2, 0.25) is 0 Å². The Kier molecular flexibility index (Phi) is 5.20. The van der Waals surface area contributed by atoms with E-state index in [2.05, 4.69) is 9.97 Å². The van der Waals surface area contributed by atoms with Crippen LogP contribution in [0.15, 0.2) is 36.7 Å². The van der Waals surface area contributed by atoms with Gasteiger partial charge in [0.25, 0.3) is 5.91 Å². The van der Waals surface area contributed by atoms with E-state index in [1.54, 1.807) is 12.4 Å². The van der Waals surface area contributed by atoms with Gasteiger partial charge in [-0.1, -0.05) is 18.2 Å². The van der Waals surface area contributed by atoms with Crippen molar-refractivity contribution in [1.82, 2.24) is 19.8 Å². The molecule has 0 spiro atoms. The van der Waals surface area contributed by atoms with Gasteiger partial charge in [-0.05, 0) is 39.4 Å². The lowest BCUT2D eigenvalue weighted by Gasteiger charge is -2.30. The molecule has 1 aliphatic rings. The number of likely N-dealkylation sites (tertiary alicyclic amines) is 1. The van der Waals surface area contributed by atoms with Gasteiger partial charge >= 0.3 is 0 Å². The van der Waals surface area contributed by atoms with Gasteiger partial charge in [-0.2, -0.15) is 0 Å². The van der Waals surface area contributed by atoms with Gasteiger partial charge in [-0.3, -0.25) is 4.79 Å². The van der Waals surface area contributed by atoms with Gasteiger partial charge in [0, 0.05) is 37.6 Å². The highest BCUT2D eigenvalue weighted by atomic mass is 16.3. The fourth-order valence-corrected chi connectivity index (χ4v) is 3.59. The number of aliphatic hydroxyl groups is 1. The molecule has 0 radical (unpaired) electrons. The van der Waals surface area contributed by atoms with Crippen LogP contribution in [0.5, 0.6) is 0 Å². The molecule has 2 aromatic rings. The average Bonchev–Trinajstić information content (AvgIpc) is 3.04. The Labute approximate surface area is 148 Å². The van der Waals surface area contributed by atoms with Crippen LogP contribution in [0.25, 0.3) is 11.4 Å². The van der Waals surface area contributed by atoms with Crippen LogP contribution >= 0.6 is 0 Å². The van der Waals surface area contributed by atoms with Crippen LogP contribution in [-0.4, -0.2) is 70.1 Å². The lowest BCUT2D eigenvalue weighted by molar-refractivity contribution is 0.00305. The molecule has 1 atom stereocenters. The summed E-state index contributed by atoms with van der Waals surface area (Å²) in [6.45, 7) is 1.86. The summed E-state index contributed by atoms with van der Waals surface area (Å²) in [5.74, 6) is 0.698. The van der Waals surface area contributed by atoms with E-state index in [0.29, 0.717) is 37.4 Å². The first-order valence-corrected chi connectivity index (χ1v) is 8.74. The summed E-state index contributed by atoms with van der Waals surface area (Å²) in [5, 5.41) is 10.8. The molecule has 3 rings (SSSR count). The van der Waals surface area contributed by atoms with Crippen molar-refractivity contribution in [2.75, 3.05) is 33.7 Å². The fraction of sp³-hybridized carbons (Fsp3) is 0.474. The Morgan fingerprint density at radius 2 is 2.12 bits per heavy atom. The Hall–Kier alpha value is -2.18. The number of nitrogens with zero attached hydrogens (tertiary/aromatic N) is 3. The number of aromatic amines is 1. The maximum absolute atomic E-state index is 13.1. The van der Waals surface area contributed by atoms with Crippen LogP contribution in [0.4, 0.5) is 0 Å². The lowest BCUT2D eigenvalue weighted by Crippen LogP contribution is -2.41. The third-order valence-electron chi connectivity index (χ3n) is 4.73. The van der Waals surface area contributed by atoms with E-state index in [-0.39, 0.29) is 5.91 Å². The predicted octanol–water partition coefficient (Wildman–Crippen LogP) is 2.00. The number of H-pyrrole nitrogens is 1. The Morgan fingerprint density at radius 3 is 2.84 bits per heavy atom. The van der Waals surface area contributed by atoms with Crippen LogP contribution in [-0.2, 0) is 0 Å². The largest absolute Gasteiger partial charge is 0.388 e. The summed E-state index contributed by atoms with van der Waals surface area (Å²) in [6.07, 6.45) is 5.56. The molecule has 1 amide bonds. The minimum atomic E-state index is -0.723. The highest BCUT2D eigenvalue weighted by Crippen LogP contribution is 2.26. The quantitative estimate of drug-likeness (QED) is 0.891. The van der Waals surface area contributed by atoms with Crippen molar-refractivity contribution in [3.63, 3.8) is 0 Å². The first-order chi connectivity index (χ1) is 12.0. The van der Waals surface area contributed by atoms with E-state index in [4.69, 9.17) is 0 Å². The van der Waals surface area contributed by atoms with Crippen molar-refractivity contribution >= 4 is 5.91 Å². The molecule has 2 N–H and O–H groups in total. The summed E-state index contributed by atoms with van der Waals surface area (Å²) < 4.78 is 0. The zero-order valence-corrected chi connectivity index (χ0v) is 14.9. The van der Waals surface area contributed by atoms with Crippen LogP contribution < -0.4 is 0 Å². The summed E-state index contributed by atoms with van der Waals surface area (Å²) in [5.41, 5.74) is 0.736. The Bertz CT molecular complexity index is 714. The van der Waals surface area contributed by atoms with Gasteiger partial charge in [0.05, 0.1) is 11.2 Å². The number of hydrogen-bond donors (Lipinski definition) is 2. The van der Waals surface area contributed by atoms with Gasteiger partial charge in [-0.25, -0.2) is 4.98 Å². The molecule has 134 valence electrons. The van der Waals surface area contributed by atoms with Crippen molar-refractivity contribution in [2.24, 2.45) is 0 Å². The molecular weight excluding hydrogens is 316 g/mol. The summed E-state index contributed by atoms with van der Waals surface area (Å²) >= 11 is 0. The molecule has 1 fully saturated rings. The van der Waals surface area contributed by atoms with E-state index in [1.165, 1.54) is 0 Å². The number of amides is 1. The molecule has 1 saturated heterocycles. The van der Waals surface area contributed by atoms with Crippen LogP contribution in [0, 0.1) is 0 Å². The van der Waals surface area contributed by atoms with E-state index in [0.717, 1.165) is 18.4 Å². The molecule has 0 aliphatic carbocycles. The summed E-state index contributed by atoms with van der Waals surface area (Å²) in [6, 6.07) is 7.54. The molecule has 1 aromatic heterocycles.